The summed E-state index contributed by atoms with van der Waals surface area (Å²) in [6.45, 7) is 4.01. The van der Waals surface area contributed by atoms with Crippen molar-refractivity contribution in [3.05, 3.63) is 35.4 Å². The maximum Gasteiger partial charge on any atom is 0.0721 e. The van der Waals surface area contributed by atoms with Gasteiger partial charge in [0.25, 0.3) is 0 Å². The fourth-order valence-electron chi connectivity index (χ4n) is 4.23. The molecule has 1 aromatic carbocycles. The van der Waals surface area contributed by atoms with E-state index in [0.29, 0.717) is 6.61 Å². The van der Waals surface area contributed by atoms with E-state index in [9.17, 15) is 0 Å². The maximum atomic E-state index is 9.17. The van der Waals surface area contributed by atoms with Crippen molar-refractivity contribution in [3.63, 3.8) is 0 Å². The minimum absolute atomic E-state index is 0. The number of aliphatic hydroxyl groups is 1. The second-order valence-corrected chi connectivity index (χ2v) is 8.91. The molecule has 0 aliphatic carbocycles. The molecular formula is C26H46ClNO2. The first kappa shape index (κ1) is 27.4. The van der Waals surface area contributed by atoms with Crippen LogP contribution in [0, 0.1) is 0 Å². The molecule has 0 spiro atoms. The van der Waals surface area contributed by atoms with Gasteiger partial charge in [-0.05, 0) is 30.4 Å². The van der Waals surface area contributed by atoms with Gasteiger partial charge in [-0.2, -0.15) is 0 Å². The van der Waals surface area contributed by atoms with Crippen LogP contribution in [0.4, 0.5) is 0 Å². The van der Waals surface area contributed by atoms with Crippen LogP contribution in [0.25, 0.3) is 0 Å². The molecule has 0 unspecified atom stereocenters. The summed E-state index contributed by atoms with van der Waals surface area (Å²) in [5.74, 6) is 0. The SMILES string of the molecule is CCCCCCCCCCCCCCc1ccc(CO[C@H]2CN[C@H](CO)C2)cc1.Cl. The number of nitrogens with one attached hydrogen (secondary N) is 1. The van der Waals surface area contributed by atoms with Crippen LogP contribution in [0.2, 0.25) is 0 Å². The van der Waals surface area contributed by atoms with E-state index in [4.69, 9.17) is 9.84 Å². The smallest absolute Gasteiger partial charge is 0.0721 e. The summed E-state index contributed by atoms with van der Waals surface area (Å²) in [6, 6.07) is 9.16. The van der Waals surface area contributed by atoms with Crippen molar-refractivity contribution in [1.29, 1.82) is 0 Å². The van der Waals surface area contributed by atoms with Crippen LogP contribution >= 0.6 is 12.4 Å². The first-order valence-corrected chi connectivity index (χ1v) is 12.4. The van der Waals surface area contributed by atoms with Crippen molar-refractivity contribution < 1.29 is 9.84 Å². The molecule has 1 saturated heterocycles. The summed E-state index contributed by atoms with van der Waals surface area (Å²) in [6.07, 6.45) is 19.2. The Balaban J connectivity index is 0.00000450. The van der Waals surface area contributed by atoms with E-state index in [2.05, 4.69) is 36.5 Å². The van der Waals surface area contributed by atoms with Crippen LogP contribution in [0.1, 0.15) is 102 Å². The number of hydrogen-bond acceptors (Lipinski definition) is 3. The highest BCUT2D eigenvalue weighted by Gasteiger charge is 2.23. The van der Waals surface area contributed by atoms with Crippen molar-refractivity contribution in [2.75, 3.05) is 13.2 Å². The van der Waals surface area contributed by atoms with E-state index in [0.717, 1.165) is 13.0 Å². The van der Waals surface area contributed by atoms with Crippen molar-refractivity contribution in [2.24, 2.45) is 0 Å². The van der Waals surface area contributed by atoms with Gasteiger partial charge in [0.05, 0.1) is 19.3 Å². The van der Waals surface area contributed by atoms with Crippen LogP contribution in [0.5, 0.6) is 0 Å². The number of aliphatic hydroxyl groups excluding tert-OH is 1. The van der Waals surface area contributed by atoms with Gasteiger partial charge in [0.15, 0.2) is 0 Å². The average Bonchev–Trinajstić information content (AvgIpc) is 3.22. The molecule has 174 valence electrons. The highest BCUT2D eigenvalue weighted by molar-refractivity contribution is 5.85. The lowest BCUT2D eigenvalue weighted by Crippen LogP contribution is -2.24. The van der Waals surface area contributed by atoms with Crippen molar-refractivity contribution in [3.8, 4) is 0 Å². The molecular weight excluding hydrogens is 394 g/mol. The summed E-state index contributed by atoms with van der Waals surface area (Å²) in [4.78, 5) is 0. The molecule has 4 heteroatoms. The van der Waals surface area contributed by atoms with Gasteiger partial charge in [0.2, 0.25) is 0 Å². The third-order valence-electron chi connectivity index (χ3n) is 6.23. The quantitative estimate of drug-likeness (QED) is 0.269. The maximum absolute atomic E-state index is 9.17. The van der Waals surface area contributed by atoms with E-state index < -0.39 is 0 Å². The standard InChI is InChI=1S/C26H45NO2.ClH/c1-2-3-4-5-6-7-8-9-10-11-12-13-14-23-15-17-24(18-16-23)22-29-26-19-25(21-28)27-20-26;/h15-18,25-28H,2-14,19-22H2,1H3;1H/t25-,26+;/m0./s1. The van der Waals surface area contributed by atoms with Gasteiger partial charge in [-0.15, -0.1) is 12.4 Å². The first-order chi connectivity index (χ1) is 14.3. The van der Waals surface area contributed by atoms with Crippen LogP contribution < -0.4 is 5.32 Å². The minimum Gasteiger partial charge on any atom is -0.395 e. The third kappa shape index (κ3) is 12.3. The Morgan fingerprint density at radius 2 is 1.37 bits per heavy atom. The summed E-state index contributed by atoms with van der Waals surface area (Å²) < 4.78 is 5.97. The predicted octanol–water partition coefficient (Wildman–Crippen LogP) is 6.59. The van der Waals surface area contributed by atoms with Crippen LogP contribution in [-0.2, 0) is 17.8 Å². The lowest BCUT2D eigenvalue weighted by atomic mass is 10.0. The van der Waals surface area contributed by atoms with E-state index in [1.54, 1.807) is 0 Å². The van der Waals surface area contributed by atoms with Crippen molar-refractivity contribution in [2.45, 2.75) is 116 Å². The largest absolute Gasteiger partial charge is 0.395 e. The van der Waals surface area contributed by atoms with Crippen LogP contribution in [-0.4, -0.2) is 30.4 Å². The summed E-state index contributed by atoms with van der Waals surface area (Å²) in [7, 11) is 0. The number of rotatable bonds is 17. The molecule has 0 amide bonds. The van der Waals surface area contributed by atoms with Crippen molar-refractivity contribution in [1.82, 2.24) is 5.32 Å². The Labute approximate surface area is 191 Å². The Hall–Kier alpha value is -0.610. The fourth-order valence-corrected chi connectivity index (χ4v) is 4.23. The minimum atomic E-state index is 0. The average molecular weight is 440 g/mol. The number of benzene rings is 1. The number of ether oxygens (including phenoxy) is 1. The summed E-state index contributed by atoms with van der Waals surface area (Å²) in [5, 5.41) is 12.5. The molecule has 2 rings (SSSR count). The molecule has 0 aromatic heterocycles. The Morgan fingerprint density at radius 3 is 1.90 bits per heavy atom. The highest BCUT2D eigenvalue weighted by Crippen LogP contribution is 2.16. The van der Waals surface area contributed by atoms with Gasteiger partial charge in [-0.1, -0.05) is 102 Å². The summed E-state index contributed by atoms with van der Waals surface area (Å²) in [5.41, 5.74) is 2.69. The van der Waals surface area contributed by atoms with E-state index in [-0.39, 0.29) is 31.2 Å². The lowest BCUT2D eigenvalue weighted by Gasteiger charge is -2.11. The molecule has 0 radical (unpaired) electrons. The second-order valence-electron chi connectivity index (χ2n) is 8.91. The van der Waals surface area contributed by atoms with Gasteiger partial charge in [-0.3, -0.25) is 0 Å². The topological polar surface area (TPSA) is 41.5 Å². The molecule has 1 aliphatic rings. The third-order valence-corrected chi connectivity index (χ3v) is 6.23. The van der Waals surface area contributed by atoms with Gasteiger partial charge in [0.1, 0.15) is 0 Å². The Kier molecular flexibility index (Phi) is 16.5. The monoisotopic (exact) mass is 439 g/mol. The number of aryl methyl sites for hydroxylation is 1. The molecule has 1 heterocycles. The molecule has 3 nitrogen and oxygen atoms in total. The molecule has 0 bridgehead atoms. The normalized spacial score (nSPS) is 18.5. The van der Waals surface area contributed by atoms with Gasteiger partial charge < -0.3 is 15.2 Å². The molecule has 2 N–H and O–H groups in total. The van der Waals surface area contributed by atoms with Gasteiger partial charge in [0, 0.05) is 12.6 Å². The van der Waals surface area contributed by atoms with Gasteiger partial charge in [-0.25, -0.2) is 0 Å². The van der Waals surface area contributed by atoms with Crippen LogP contribution in [0.15, 0.2) is 24.3 Å². The highest BCUT2D eigenvalue weighted by atomic mass is 35.5. The molecule has 1 aliphatic heterocycles. The molecule has 1 aromatic rings. The zero-order chi connectivity index (χ0) is 20.6. The van der Waals surface area contributed by atoms with E-state index in [1.165, 1.54) is 94.6 Å². The summed E-state index contributed by atoms with van der Waals surface area (Å²) >= 11 is 0. The van der Waals surface area contributed by atoms with Crippen molar-refractivity contribution >= 4 is 12.4 Å². The first-order valence-electron chi connectivity index (χ1n) is 12.4. The Morgan fingerprint density at radius 1 is 0.833 bits per heavy atom. The zero-order valence-electron chi connectivity index (χ0n) is 19.2. The lowest BCUT2D eigenvalue weighted by molar-refractivity contribution is 0.0512. The number of hydrogen-bond donors (Lipinski definition) is 2. The molecule has 2 atom stereocenters. The van der Waals surface area contributed by atoms with Gasteiger partial charge >= 0.3 is 0 Å². The molecule has 30 heavy (non-hydrogen) atoms. The zero-order valence-corrected chi connectivity index (χ0v) is 20.1. The van der Waals surface area contributed by atoms with E-state index in [1.807, 2.05) is 0 Å². The van der Waals surface area contributed by atoms with Crippen LogP contribution in [0.3, 0.4) is 0 Å². The molecule has 0 saturated carbocycles. The number of unbranched alkanes of at least 4 members (excludes halogenated alkanes) is 11. The molecule has 1 fully saturated rings. The second kappa shape index (κ2) is 18.0. The number of halogens is 1. The Bertz CT molecular complexity index is 508. The van der Waals surface area contributed by atoms with E-state index >= 15 is 0 Å². The predicted molar refractivity (Wildman–Crippen MR) is 131 cm³/mol. The fraction of sp³-hybridized carbons (Fsp3) is 0.769.